The molecule has 0 fully saturated rings. The number of hydrogen-bond donors (Lipinski definition) is 4. The number of pyridine rings is 1. The third-order valence-electron chi connectivity index (χ3n) is 16.1. The molecule has 0 bridgehead atoms. The van der Waals surface area contributed by atoms with Crippen molar-refractivity contribution in [2.75, 3.05) is 28.8 Å². The molecular formula is C76H54ClN25O15S6. The standard InChI is InChI=1S/C18H12N4O4S.C16H13N5O2S.C14H9ClN4O3S2.2C14H10N6O3S/c23-14(16-9-12-3-1-2-4-15(12)26-16)10-27-18-19-20-21-22(18)13-7-5-11(6-8-13)17(24)25;1-11(22)12-2-4-14(5-3-12)21-16(18-19-20-21)24-10-15(23)13-6-8-17-9-7-13;15-12-6-5-11(24-12)10(20)7-23-14-16-17-18-19(14)9-3-1-8(2-4-9)13(21)22;21-12(10-5-6-15-16-7-10)8-24-14-17-18-19-20(14)11-3-1-9(2-4-11)13(22)23;21-12(11-5-6-15-8-16-11)7-24-14-17-18-19-20(14)10-3-1-9(2-4-10)13(22)23/h1-9H,10H2,(H,24,25);2-9H,10H2,1H3;1-6H,7H2,(H,21,22);1-7H,8H2,(H,22,23);1-6,8H,7H2,(H,22,23). The number of carboxylic acids is 4. The van der Waals surface area contributed by atoms with Crippen molar-refractivity contribution < 1.29 is 72.8 Å². The summed E-state index contributed by atoms with van der Waals surface area (Å²) >= 11 is 13.0. The Morgan fingerprint density at radius 2 is 0.740 bits per heavy atom. The van der Waals surface area contributed by atoms with Crippen molar-refractivity contribution in [1.29, 1.82) is 0 Å². The number of nitrogens with zero attached hydrogens (tertiary/aromatic N) is 25. The first-order chi connectivity index (χ1) is 59.6. The lowest BCUT2D eigenvalue weighted by Crippen LogP contribution is -2.07. The first-order valence-corrected chi connectivity index (χ1v) is 41.1. The van der Waals surface area contributed by atoms with Gasteiger partial charge in [0.25, 0.3) is 0 Å². The van der Waals surface area contributed by atoms with Crippen LogP contribution < -0.4 is 0 Å². The summed E-state index contributed by atoms with van der Waals surface area (Å²) < 4.78 is 13.4. The fourth-order valence-corrected chi connectivity index (χ4v) is 15.0. The molecule has 0 atom stereocenters. The predicted octanol–water partition coefficient (Wildman–Crippen LogP) is 10.6. The van der Waals surface area contributed by atoms with Gasteiger partial charge in [-0.3, -0.25) is 33.8 Å². The van der Waals surface area contributed by atoms with E-state index < -0.39 is 23.9 Å². The number of aromatic nitrogens is 25. The number of tetrazole rings is 5. The van der Waals surface area contributed by atoms with Gasteiger partial charge in [0.05, 0.1) is 101 Å². The first-order valence-electron chi connectivity index (χ1n) is 35.0. The molecule has 40 nitrogen and oxygen atoms in total. The lowest BCUT2D eigenvalue weighted by Gasteiger charge is -2.05. The minimum absolute atomic E-state index is 0.00388. The average Bonchev–Trinajstić information content (AvgIpc) is 1.76. The minimum Gasteiger partial charge on any atom is -0.478 e. The van der Waals surface area contributed by atoms with Crippen LogP contribution in [0.15, 0.2) is 256 Å². The van der Waals surface area contributed by atoms with E-state index in [4.69, 9.17) is 36.4 Å². The van der Waals surface area contributed by atoms with Crippen LogP contribution in [0.1, 0.15) is 110 Å². The molecule has 10 heterocycles. The summed E-state index contributed by atoms with van der Waals surface area (Å²) in [5.74, 6) is -3.56. The second-order valence-corrected chi connectivity index (χ2v) is 30.6. The molecule has 0 saturated carbocycles. The third-order valence-corrected chi connectivity index (χ3v) is 22.0. The van der Waals surface area contributed by atoms with Gasteiger partial charge in [-0.1, -0.05) is 88.6 Å². The van der Waals surface area contributed by atoms with Gasteiger partial charge >= 0.3 is 23.9 Å². The molecule has 123 heavy (non-hydrogen) atoms. The molecule has 10 aromatic heterocycles. The van der Waals surface area contributed by atoms with Gasteiger partial charge in [0.15, 0.2) is 34.7 Å². The summed E-state index contributed by atoms with van der Waals surface area (Å²) in [7, 11) is 0. The number of rotatable bonds is 30. The fraction of sp³-hybridized carbons (Fsp3) is 0.0789. The third kappa shape index (κ3) is 24.0. The zero-order valence-corrected chi connectivity index (χ0v) is 68.3. The van der Waals surface area contributed by atoms with Crippen LogP contribution in [0, 0.1) is 0 Å². The molecule has 0 saturated heterocycles. The zero-order valence-electron chi connectivity index (χ0n) is 62.7. The number of thiophene rings is 1. The molecule has 0 amide bonds. The SMILES string of the molecule is CC(=O)c1ccc(-n2nnnc2SCC(=O)c2ccncc2)cc1.O=C(O)c1ccc(-n2nnnc2SCC(=O)c2cc3ccccc3o2)cc1.O=C(O)c1ccc(-n2nnnc2SCC(=O)c2ccc(Cl)s2)cc1.O=C(O)c1ccc(-n2nnnc2SCC(=O)c2ccncn2)cc1.O=C(O)c1ccc(-n2nnnc2SCC(=O)c2ccnnc2)cc1. The van der Waals surface area contributed by atoms with E-state index in [1.54, 1.807) is 128 Å². The number of ketones is 6. The second kappa shape index (κ2) is 42.7. The van der Waals surface area contributed by atoms with Crippen molar-refractivity contribution in [2.45, 2.75) is 32.7 Å². The predicted molar refractivity (Wildman–Crippen MR) is 443 cm³/mol. The Kier molecular flexibility index (Phi) is 30.4. The lowest BCUT2D eigenvalue weighted by molar-refractivity contribution is 0.0686. The number of hydrogen-bond acceptors (Lipinski definition) is 37. The van der Waals surface area contributed by atoms with E-state index in [2.05, 4.69) is 103 Å². The summed E-state index contributed by atoms with van der Waals surface area (Å²) in [5.41, 5.74) is 6.47. The van der Waals surface area contributed by atoms with Gasteiger partial charge in [0, 0.05) is 40.7 Å². The number of carbonyl (C=O) groups excluding carboxylic acids is 6. The Morgan fingerprint density at radius 1 is 0.374 bits per heavy atom. The molecule has 0 unspecified atom stereocenters. The monoisotopic (exact) mass is 1780 g/mol. The lowest BCUT2D eigenvalue weighted by atomic mass is 10.1. The molecule has 0 aliphatic rings. The zero-order chi connectivity index (χ0) is 86.7. The Hall–Kier alpha value is -14.8. The Morgan fingerprint density at radius 3 is 1.10 bits per heavy atom. The quantitative estimate of drug-likeness (QED) is 0.0240. The number of Topliss-reactive ketones (excluding diaryl/α,β-unsaturated/α-hetero) is 6. The highest BCUT2D eigenvalue weighted by Crippen LogP contribution is 2.29. The maximum Gasteiger partial charge on any atom is 0.335 e. The highest BCUT2D eigenvalue weighted by Gasteiger charge is 2.22. The van der Waals surface area contributed by atoms with Crippen LogP contribution in [0.5, 0.6) is 0 Å². The maximum absolute atomic E-state index is 12.4. The van der Waals surface area contributed by atoms with E-state index in [1.807, 2.05) is 18.2 Å². The van der Waals surface area contributed by atoms with E-state index in [9.17, 15) is 47.9 Å². The highest BCUT2D eigenvalue weighted by atomic mass is 35.5. The summed E-state index contributed by atoms with van der Waals surface area (Å²) in [6.07, 6.45) is 8.82. The van der Waals surface area contributed by atoms with Gasteiger partial charge in [-0.2, -0.15) is 33.6 Å². The molecule has 4 N–H and O–H groups in total. The second-order valence-electron chi connectivity index (χ2n) is 24.2. The van der Waals surface area contributed by atoms with E-state index in [1.165, 1.54) is 168 Å². The number of benzene rings is 6. The van der Waals surface area contributed by atoms with Crippen molar-refractivity contribution in [3.8, 4) is 28.4 Å². The van der Waals surface area contributed by atoms with Gasteiger partial charge < -0.3 is 24.8 Å². The van der Waals surface area contributed by atoms with Gasteiger partial charge in [-0.25, -0.2) is 29.1 Å². The highest BCUT2D eigenvalue weighted by molar-refractivity contribution is 8.00. The molecule has 0 radical (unpaired) electrons. The number of para-hydroxylation sites is 1. The molecule has 0 spiro atoms. The van der Waals surface area contributed by atoms with E-state index in [0.717, 1.165) is 22.8 Å². The van der Waals surface area contributed by atoms with Crippen LogP contribution in [0.3, 0.4) is 0 Å². The number of aromatic carboxylic acids is 4. The van der Waals surface area contributed by atoms with Crippen LogP contribution in [0.25, 0.3) is 39.4 Å². The normalized spacial score (nSPS) is 10.7. The van der Waals surface area contributed by atoms with Gasteiger partial charge in [0.1, 0.15) is 17.6 Å². The molecule has 0 aliphatic heterocycles. The van der Waals surface area contributed by atoms with E-state index in [-0.39, 0.29) is 91.5 Å². The van der Waals surface area contributed by atoms with Crippen molar-refractivity contribution in [3.63, 3.8) is 0 Å². The fourth-order valence-electron chi connectivity index (χ4n) is 10.0. The van der Waals surface area contributed by atoms with Gasteiger partial charge in [-0.05, 0) is 229 Å². The van der Waals surface area contributed by atoms with Crippen molar-refractivity contribution in [2.24, 2.45) is 0 Å². The summed E-state index contributed by atoms with van der Waals surface area (Å²) in [4.78, 5) is 128. The van der Waals surface area contributed by atoms with Crippen molar-refractivity contribution in [1.82, 2.24) is 126 Å². The van der Waals surface area contributed by atoms with Crippen LogP contribution >= 0.6 is 81.7 Å². The molecular weight excluding hydrogens is 1730 g/mol. The Balaban J connectivity index is 0.000000140. The maximum atomic E-state index is 12.4. The Bertz CT molecular complexity index is 6030. The smallest absolute Gasteiger partial charge is 0.335 e. The molecule has 16 rings (SSSR count). The van der Waals surface area contributed by atoms with Crippen molar-refractivity contribution >= 4 is 151 Å². The Labute approximate surface area is 720 Å². The topological polar surface area (TPSA) is 547 Å². The molecule has 16 aromatic rings. The van der Waals surface area contributed by atoms with Crippen LogP contribution in [-0.2, 0) is 0 Å². The number of thioether (sulfide) groups is 5. The number of furan rings is 1. The minimum atomic E-state index is -1.01. The largest absolute Gasteiger partial charge is 0.478 e. The summed E-state index contributed by atoms with van der Waals surface area (Å²) in [6, 6.07) is 50.4. The van der Waals surface area contributed by atoms with Gasteiger partial charge in [-0.15, -0.1) is 36.8 Å². The number of carboxylic acid groups (broad SMARTS) is 4. The molecule has 0 aliphatic carbocycles. The van der Waals surface area contributed by atoms with Crippen molar-refractivity contribution in [3.05, 3.63) is 285 Å². The molecule has 616 valence electrons. The van der Waals surface area contributed by atoms with Crippen LogP contribution in [-0.4, -0.2) is 234 Å². The van der Waals surface area contributed by atoms with E-state index in [0.29, 0.717) is 85.7 Å². The van der Waals surface area contributed by atoms with E-state index >= 15 is 0 Å². The van der Waals surface area contributed by atoms with Gasteiger partial charge in [0.2, 0.25) is 31.6 Å². The van der Waals surface area contributed by atoms with Crippen LogP contribution in [0.2, 0.25) is 4.34 Å². The molecule has 6 aromatic carbocycles. The number of halogens is 1. The van der Waals surface area contributed by atoms with Crippen LogP contribution in [0.4, 0.5) is 0 Å². The summed E-state index contributed by atoms with van der Waals surface area (Å²) in [5, 5.41) is 103. The average molecular weight is 1790 g/mol. The number of fused-ring (bicyclic) bond motifs is 1. The first kappa shape index (κ1) is 87.5. The summed E-state index contributed by atoms with van der Waals surface area (Å²) in [6.45, 7) is 1.51. The number of carbonyl (C=O) groups is 10. The molecule has 47 heteroatoms.